The van der Waals surface area contributed by atoms with E-state index in [0.29, 0.717) is 22.1 Å². The van der Waals surface area contributed by atoms with Crippen LogP contribution >= 0.6 is 11.6 Å². The van der Waals surface area contributed by atoms with Gasteiger partial charge in [0.05, 0.1) is 10.6 Å². The molecule has 0 aliphatic heterocycles. The predicted octanol–water partition coefficient (Wildman–Crippen LogP) is 4.79. The van der Waals surface area contributed by atoms with Crippen molar-refractivity contribution in [2.45, 2.75) is 26.2 Å². The number of phenols is 1. The molecular formula is C17H17ClO2. The van der Waals surface area contributed by atoms with Gasteiger partial charge in [-0.2, -0.15) is 0 Å². The molecule has 2 rings (SSSR count). The summed E-state index contributed by atoms with van der Waals surface area (Å²) in [5, 5.41) is 10.3. The number of carbonyl (C=O) groups excluding carboxylic acids is 1. The molecule has 1 unspecified atom stereocenters. The van der Waals surface area contributed by atoms with Crippen LogP contribution in [-0.2, 0) is 0 Å². The second kappa shape index (κ2) is 6.10. The molecule has 0 saturated heterocycles. The van der Waals surface area contributed by atoms with Crippen LogP contribution in [0, 0.1) is 0 Å². The minimum Gasteiger partial charge on any atom is -0.507 e. The first-order valence-corrected chi connectivity index (χ1v) is 7.04. The van der Waals surface area contributed by atoms with Gasteiger partial charge in [0.15, 0.2) is 5.78 Å². The molecule has 0 amide bonds. The number of aromatic hydroxyl groups is 1. The summed E-state index contributed by atoms with van der Waals surface area (Å²) in [6.07, 6.45) is 0.977. The summed E-state index contributed by atoms with van der Waals surface area (Å²) in [7, 11) is 0. The van der Waals surface area contributed by atoms with Crippen LogP contribution in [0.25, 0.3) is 0 Å². The normalized spacial score (nSPS) is 12.2. The van der Waals surface area contributed by atoms with E-state index in [4.69, 9.17) is 11.6 Å². The van der Waals surface area contributed by atoms with Crippen LogP contribution in [0.4, 0.5) is 0 Å². The topological polar surface area (TPSA) is 37.3 Å². The van der Waals surface area contributed by atoms with Crippen molar-refractivity contribution < 1.29 is 9.90 Å². The van der Waals surface area contributed by atoms with Crippen molar-refractivity contribution in [1.29, 1.82) is 0 Å². The van der Waals surface area contributed by atoms with Gasteiger partial charge in [0.1, 0.15) is 5.75 Å². The Hall–Kier alpha value is -1.80. The second-order valence-corrected chi connectivity index (χ2v) is 5.30. The largest absolute Gasteiger partial charge is 0.507 e. The third kappa shape index (κ3) is 2.86. The second-order valence-electron chi connectivity index (χ2n) is 4.89. The fraction of sp³-hybridized carbons (Fsp3) is 0.235. The zero-order chi connectivity index (χ0) is 14.7. The van der Waals surface area contributed by atoms with Crippen LogP contribution in [0.2, 0.25) is 5.02 Å². The van der Waals surface area contributed by atoms with Crippen molar-refractivity contribution in [3.8, 4) is 5.75 Å². The highest BCUT2D eigenvalue weighted by Gasteiger charge is 2.17. The van der Waals surface area contributed by atoms with Gasteiger partial charge in [-0.05, 0) is 42.2 Å². The van der Waals surface area contributed by atoms with Gasteiger partial charge >= 0.3 is 0 Å². The number of hydrogen-bond acceptors (Lipinski definition) is 2. The number of phenolic OH excluding ortho intramolecular Hbond substituents is 1. The number of benzene rings is 2. The van der Waals surface area contributed by atoms with Crippen molar-refractivity contribution >= 4 is 17.4 Å². The Labute approximate surface area is 124 Å². The number of rotatable bonds is 4. The number of halogens is 1. The highest BCUT2D eigenvalue weighted by Crippen LogP contribution is 2.28. The zero-order valence-electron chi connectivity index (χ0n) is 11.6. The van der Waals surface area contributed by atoms with Crippen molar-refractivity contribution in [2.75, 3.05) is 0 Å². The lowest BCUT2D eigenvalue weighted by Gasteiger charge is -2.12. The van der Waals surface area contributed by atoms with Gasteiger partial charge in [0, 0.05) is 5.56 Å². The minimum absolute atomic E-state index is 0.0121. The van der Waals surface area contributed by atoms with Crippen LogP contribution in [0.3, 0.4) is 0 Å². The van der Waals surface area contributed by atoms with Gasteiger partial charge < -0.3 is 5.11 Å². The fourth-order valence-corrected chi connectivity index (χ4v) is 2.29. The first-order chi connectivity index (χ1) is 9.54. The molecule has 0 saturated carbocycles. The number of hydrogen-bond donors (Lipinski definition) is 1. The Balaban J connectivity index is 2.47. The maximum atomic E-state index is 12.5. The zero-order valence-corrected chi connectivity index (χ0v) is 12.3. The maximum Gasteiger partial charge on any atom is 0.198 e. The highest BCUT2D eigenvalue weighted by molar-refractivity contribution is 6.35. The van der Waals surface area contributed by atoms with Crippen LogP contribution in [0.1, 0.15) is 47.7 Å². The van der Waals surface area contributed by atoms with Crippen molar-refractivity contribution in [3.63, 3.8) is 0 Å². The van der Waals surface area contributed by atoms with E-state index in [0.717, 1.165) is 12.0 Å². The van der Waals surface area contributed by atoms with Gasteiger partial charge in [-0.3, -0.25) is 4.79 Å². The summed E-state index contributed by atoms with van der Waals surface area (Å²) in [4.78, 5) is 12.5. The van der Waals surface area contributed by atoms with Crippen LogP contribution in [-0.4, -0.2) is 10.9 Å². The number of ketones is 1. The van der Waals surface area contributed by atoms with E-state index in [1.807, 2.05) is 6.07 Å². The fourth-order valence-electron chi connectivity index (χ4n) is 2.07. The average molecular weight is 289 g/mol. The highest BCUT2D eigenvalue weighted by atomic mass is 35.5. The Bertz CT molecular complexity index is 635. The third-order valence-corrected chi connectivity index (χ3v) is 3.89. The molecule has 2 nitrogen and oxygen atoms in total. The summed E-state index contributed by atoms with van der Waals surface area (Å²) >= 11 is 6.05. The molecule has 0 spiro atoms. The van der Waals surface area contributed by atoms with Gasteiger partial charge in [-0.15, -0.1) is 0 Å². The maximum absolute atomic E-state index is 12.5. The average Bonchev–Trinajstić information content (AvgIpc) is 2.46. The molecule has 3 heteroatoms. The molecule has 104 valence electrons. The third-order valence-electron chi connectivity index (χ3n) is 3.57. The molecule has 2 aromatic carbocycles. The molecule has 0 radical (unpaired) electrons. The van der Waals surface area contributed by atoms with E-state index in [-0.39, 0.29) is 11.5 Å². The lowest BCUT2D eigenvalue weighted by Crippen LogP contribution is -2.04. The van der Waals surface area contributed by atoms with E-state index in [2.05, 4.69) is 13.8 Å². The van der Waals surface area contributed by atoms with Crippen molar-refractivity contribution in [1.82, 2.24) is 0 Å². The van der Waals surface area contributed by atoms with E-state index < -0.39 is 0 Å². The molecule has 1 N–H and O–H groups in total. The quantitative estimate of drug-likeness (QED) is 0.821. The van der Waals surface area contributed by atoms with Gasteiger partial charge in [0.2, 0.25) is 0 Å². The molecule has 0 aliphatic carbocycles. The van der Waals surface area contributed by atoms with Gasteiger partial charge in [-0.25, -0.2) is 0 Å². The summed E-state index contributed by atoms with van der Waals surface area (Å²) < 4.78 is 0. The van der Waals surface area contributed by atoms with Crippen molar-refractivity contribution in [2.24, 2.45) is 0 Å². The Morgan fingerprint density at radius 2 is 1.90 bits per heavy atom. The van der Waals surface area contributed by atoms with E-state index in [9.17, 15) is 9.90 Å². The van der Waals surface area contributed by atoms with E-state index >= 15 is 0 Å². The Morgan fingerprint density at radius 3 is 2.55 bits per heavy atom. The van der Waals surface area contributed by atoms with Crippen LogP contribution in [0.15, 0.2) is 42.5 Å². The molecular weight excluding hydrogens is 272 g/mol. The molecule has 2 aromatic rings. The molecule has 0 heterocycles. The lowest BCUT2D eigenvalue weighted by atomic mass is 9.93. The van der Waals surface area contributed by atoms with E-state index in [1.165, 1.54) is 0 Å². The summed E-state index contributed by atoms with van der Waals surface area (Å²) in [5.41, 5.74) is 1.75. The Morgan fingerprint density at radius 1 is 1.20 bits per heavy atom. The summed E-state index contributed by atoms with van der Waals surface area (Å²) in [5.74, 6) is 0.0774. The minimum atomic E-state index is -0.252. The van der Waals surface area contributed by atoms with E-state index in [1.54, 1.807) is 36.4 Å². The summed E-state index contributed by atoms with van der Waals surface area (Å²) in [6.45, 7) is 4.18. The lowest BCUT2D eigenvalue weighted by molar-refractivity contribution is 0.103. The van der Waals surface area contributed by atoms with Crippen LogP contribution in [0.5, 0.6) is 5.75 Å². The molecule has 0 aliphatic rings. The SMILES string of the molecule is CCC(C)c1ccc(O)c(C(=O)c2ccccc2Cl)c1. The van der Waals surface area contributed by atoms with Crippen LogP contribution < -0.4 is 0 Å². The molecule has 0 aromatic heterocycles. The summed E-state index contributed by atoms with van der Waals surface area (Å²) in [6, 6.07) is 12.1. The molecule has 0 fully saturated rings. The number of carbonyl (C=O) groups is 1. The first kappa shape index (κ1) is 14.6. The molecule has 0 bridgehead atoms. The van der Waals surface area contributed by atoms with Crippen molar-refractivity contribution in [3.05, 3.63) is 64.2 Å². The predicted molar refractivity (Wildman–Crippen MR) is 81.7 cm³/mol. The monoisotopic (exact) mass is 288 g/mol. The smallest absolute Gasteiger partial charge is 0.198 e. The van der Waals surface area contributed by atoms with Gasteiger partial charge in [-0.1, -0.05) is 43.6 Å². The van der Waals surface area contributed by atoms with Gasteiger partial charge in [0.25, 0.3) is 0 Å². The first-order valence-electron chi connectivity index (χ1n) is 6.66. The Kier molecular flexibility index (Phi) is 4.46. The standard InChI is InChI=1S/C17H17ClO2/c1-3-11(2)12-8-9-16(19)14(10-12)17(20)13-6-4-5-7-15(13)18/h4-11,19H,3H2,1-2H3. The molecule has 1 atom stereocenters. The molecule has 20 heavy (non-hydrogen) atoms.